The van der Waals surface area contributed by atoms with Crippen molar-refractivity contribution in [2.24, 2.45) is 0 Å². The summed E-state index contributed by atoms with van der Waals surface area (Å²) < 4.78 is 41.8. The molecule has 20 heavy (non-hydrogen) atoms. The van der Waals surface area contributed by atoms with Gasteiger partial charge in [-0.2, -0.15) is 4.37 Å². The van der Waals surface area contributed by atoms with Crippen molar-refractivity contribution in [3.63, 3.8) is 0 Å². The fraction of sp³-hybridized carbons (Fsp3) is 0.250. The van der Waals surface area contributed by atoms with Crippen molar-refractivity contribution in [1.82, 2.24) is 4.37 Å². The van der Waals surface area contributed by atoms with E-state index in [1.54, 1.807) is 17.5 Å². The van der Waals surface area contributed by atoms with E-state index in [1.807, 2.05) is 0 Å². The van der Waals surface area contributed by atoms with Crippen molar-refractivity contribution >= 4 is 27.4 Å². The lowest BCUT2D eigenvalue weighted by Crippen LogP contribution is -2.13. The molecule has 0 saturated heterocycles. The maximum Gasteiger partial charge on any atom is 0.263 e. The Morgan fingerprint density at radius 1 is 1.15 bits per heavy atom. The molecule has 1 N–H and O–H groups in total. The number of ether oxygens (including phenoxy) is 2. The Hall–Kier alpha value is -1.80. The Kier molecular flexibility index (Phi) is 3.49. The van der Waals surface area contributed by atoms with Crippen LogP contribution in [-0.2, 0) is 10.0 Å². The molecule has 0 saturated carbocycles. The van der Waals surface area contributed by atoms with Gasteiger partial charge in [-0.1, -0.05) is 0 Å². The first-order chi connectivity index (χ1) is 9.65. The first-order valence-corrected chi connectivity index (χ1v) is 8.30. The lowest BCUT2D eigenvalue weighted by Gasteiger charge is -2.10. The minimum absolute atomic E-state index is 0.120. The van der Waals surface area contributed by atoms with Gasteiger partial charge in [-0.15, -0.1) is 0 Å². The van der Waals surface area contributed by atoms with Crippen LogP contribution in [0.25, 0.3) is 0 Å². The van der Waals surface area contributed by atoms with Crippen LogP contribution in [0, 0.1) is 0 Å². The zero-order chi connectivity index (χ0) is 14.0. The minimum Gasteiger partial charge on any atom is -0.490 e. The van der Waals surface area contributed by atoms with Crippen LogP contribution < -0.4 is 14.2 Å². The van der Waals surface area contributed by atoms with Gasteiger partial charge < -0.3 is 9.47 Å². The van der Waals surface area contributed by atoms with Crippen molar-refractivity contribution < 1.29 is 17.9 Å². The topological polar surface area (TPSA) is 77.5 Å². The third-order valence-electron chi connectivity index (χ3n) is 2.71. The van der Waals surface area contributed by atoms with Crippen LogP contribution in [0.1, 0.15) is 6.42 Å². The van der Waals surface area contributed by atoms with Gasteiger partial charge in [-0.3, -0.25) is 4.72 Å². The van der Waals surface area contributed by atoms with E-state index in [0.717, 1.165) is 6.42 Å². The number of hydrogen-bond acceptors (Lipinski definition) is 6. The molecule has 0 amide bonds. The quantitative estimate of drug-likeness (QED) is 0.939. The number of benzene rings is 1. The number of nitrogens with one attached hydrogen (secondary N) is 1. The zero-order valence-corrected chi connectivity index (χ0v) is 12.0. The normalized spacial score (nSPS) is 14.6. The molecular weight excluding hydrogens is 300 g/mol. The van der Waals surface area contributed by atoms with Crippen molar-refractivity contribution in [1.29, 1.82) is 0 Å². The first kappa shape index (κ1) is 13.2. The fourth-order valence-corrected chi connectivity index (χ4v) is 3.32. The second-order valence-electron chi connectivity index (χ2n) is 4.15. The highest BCUT2D eigenvalue weighted by Gasteiger charge is 2.19. The van der Waals surface area contributed by atoms with E-state index in [-0.39, 0.29) is 4.90 Å². The molecule has 2 aromatic rings. The summed E-state index contributed by atoms with van der Waals surface area (Å²) >= 11 is 1.18. The summed E-state index contributed by atoms with van der Waals surface area (Å²) in [5, 5.41) is 1.70. The van der Waals surface area contributed by atoms with E-state index in [1.165, 1.54) is 23.7 Å². The first-order valence-electron chi connectivity index (χ1n) is 5.98. The number of rotatable bonds is 3. The molecule has 0 unspecified atom stereocenters. The molecule has 1 aliphatic rings. The van der Waals surface area contributed by atoms with Gasteiger partial charge in [0.2, 0.25) is 0 Å². The van der Waals surface area contributed by atoms with Gasteiger partial charge in [0.1, 0.15) is 0 Å². The Morgan fingerprint density at radius 2 is 1.95 bits per heavy atom. The number of sulfonamides is 1. The highest BCUT2D eigenvalue weighted by molar-refractivity contribution is 7.92. The summed E-state index contributed by atoms with van der Waals surface area (Å²) in [5.74, 6) is 1.32. The SMILES string of the molecule is O=S(=O)(Nc1ccsn1)c1ccc2c(c1)OCCCO2. The lowest BCUT2D eigenvalue weighted by atomic mass is 10.3. The number of nitrogens with zero attached hydrogens (tertiary/aromatic N) is 1. The van der Waals surface area contributed by atoms with Gasteiger partial charge in [-0.25, -0.2) is 8.42 Å². The summed E-state index contributed by atoms with van der Waals surface area (Å²) in [7, 11) is -3.67. The number of hydrogen-bond donors (Lipinski definition) is 1. The van der Waals surface area contributed by atoms with Crippen LogP contribution >= 0.6 is 11.5 Å². The number of fused-ring (bicyclic) bond motifs is 1. The highest BCUT2D eigenvalue weighted by Crippen LogP contribution is 2.32. The fourth-order valence-electron chi connectivity index (χ4n) is 1.77. The molecule has 3 rings (SSSR count). The molecule has 2 heterocycles. The number of aromatic nitrogens is 1. The molecule has 106 valence electrons. The van der Waals surface area contributed by atoms with Crippen LogP contribution in [0.4, 0.5) is 5.82 Å². The van der Waals surface area contributed by atoms with E-state index in [0.29, 0.717) is 30.5 Å². The molecule has 0 aliphatic carbocycles. The molecule has 8 heteroatoms. The van der Waals surface area contributed by atoms with E-state index in [2.05, 4.69) is 9.10 Å². The predicted octanol–water partition coefficient (Wildman–Crippen LogP) is 2.11. The molecule has 1 aromatic heterocycles. The Bertz CT molecular complexity index is 698. The zero-order valence-electron chi connectivity index (χ0n) is 10.4. The largest absolute Gasteiger partial charge is 0.490 e. The van der Waals surface area contributed by atoms with Crippen LogP contribution in [0.3, 0.4) is 0 Å². The number of anilines is 1. The third kappa shape index (κ3) is 2.70. The van der Waals surface area contributed by atoms with Crippen LogP contribution in [0.5, 0.6) is 11.5 Å². The summed E-state index contributed by atoms with van der Waals surface area (Å²) in [6, 6.07) is 6.17. The minimum atomic E-state index is -3.67. The average Bonchev–Trinajstić information content (AvgIpc) is 2.80. The van der Waals surface area contributed by atoms with Crippen LogP contribution in [0.2, 0.25) is 0 Å². The van der Waals surface area contributed by atoms with E-state index >= 15 is 0 Å². The Labute approximate surface area is 120 Å². The average molecular weight is 312 g/mol. The van der Waals surface area contributed by atoms with E-state index in [4.69, 9.17) is 9.47 Å². The van der Waals surface area contributed by atoms with E-state index in [9.17, 15) is 8.42 Å². The van der Waals surface area contributed by atoms with Gasteiger partial charge in [0.05, 0.1) is 18.1 Å². The summed E-state index contributed by atoms with van der Waals surface area (Å²) in [6.45, 7) is 1.08. The maximum absolute atomic E-state index is 12.2. The Balaban J connectivity index is 1.92. The summed E-state index contributed by atoms with van der Waals surface area (Å²) in [5.41, 5.74) is 0. The predicted molar refractivity (Wildman–Crippen MR) is 75.0 cm³/mol. The van der Waals surface area contributed by atoms with Gasteiger partial charge >= 0.3 is 0 Å². The van der Waals surface area contributed by atoms with Crippen molar-refractivity contribution in [2.45, 2.75) is 11.3 Å². The second kappa shape index (κ2) is 5.29. The molecule has 0 spiro atoms. The standard InChI is InChI=1S/C12H12N2O4S2/c15-20(16,14-12-4-7-19-13-12)9-2-3-10-11(8-9)18-6-1-5-17-10/h2-4,7-8H,1,5-6H2,(H,13,14). The summed E-state index contributed by atoms with van der Waals surface area (Å²) in [4.78, 5) is 0.120. The van der Waals surface area contributed by atoms with Crippen molar-refractivity contribution in [3.8, 4) is 11.5 Å². The van der Waals surface area contributed by atoms with Gasteiger partial charge in [0.25, 0.3) is 10.0 Å². The van der Waals surface area contributed by atoms with Crippen LogP contribution in [0.15, 0.2) is 34.5 Å². The molecule has 1 aromatic carbocycles. The highest BCUT2D eigenvalue weighted by atomic mass is 32.2. The molecule has 0 radical (unpaired) electrons. The molecule has 0 fully saturated rings. The third-order valence-corrected chi connectivity index (χ3v) is 4.62. The van der Waals surface area contributed by atoms with Crippen molar-refractivity contribution in [2.75, 3.05) is 17.9 Å². The molecule has 0 atom stereocenters. The maximum atomic E-state index is 12.2. The van der Waals surface area contributed by atoms with Gasteiger partial charge in [0, 0.05) is 17.9 Å². The monoisotopic (exact) mass is 312 g/mol. The summed E-state index contributed by atoms with van der Waals surface area (Å²) in [6.07, 6.45) is 0.772. The Morgan fingerprint density at radius 3 is 2.70 bits per heavy atom. The van der Waals surface area contributed by atoms with Crippen LogP contribution in [-0.4, -0.2) is 26.0 Å². The second-order valence-corrected chi connectivity index (χ2v) is 6.50. The molecule has 6 nitrogen and oxygen atoms in total. The van der Waals surface area contributed by atoms with Gasteiger partial charge in [-0.05, 0) is 29.7 Å². The lowest BCUT2D eigenvalue weighted by molar-refractivity contribution is 0.297. The molecular formula is C12H12N2O4S2. The smallest absolute Gasteiger partial charge is 0.263 e. The molecule has 1 aliphatic heterocycles. The van der Waals surface area contributed by atoms with Gasteiger partial charge in [0.15, 0.2) is 17.3 Å². The molecule has 0 bridgehead atoms. The van der Waals surface area contributed by atoms with E-state index < -0.39 is 10.0 Å². The van der Waals surface area contributed by atoms with Crippen molar-refractivity contribution in [3.05, 3.63) is 29.6 Å².